The molecule has 2 unspecified atom stereocenters. The van der Waals surface area contributed by atoms with Gasteiger partial charge in [-0.15, -0.1) is 0 Å². The fourth-order valence-electron chi connectivity index (χ4n) is 3.11. The third kappa shape index (κ3) is 18.1. The van der Waals surface area contributed by atoms with Gasteiger partial charge < -0.3 is 15.7 Å². The SMILES string of the molecule is CCCCC/C=C\C/C=C\CCCCCCCC(=O)C(OP(=O)(O)OCCN)[C@H](CO)OO. The molecule has 0 amide bonds. The number of Topliss-reactive ketones (excluding diaryl/α,β-unsaturated/α-hetero) is 1. The summed E-state index contributed by atoms with van der Waals surface area (Å²) in [5.74, 6) is -0.556. The van der Waals surface area contributed by atoms with Crippen LogP contribution in [0.1, 0.15) is 84.0 Å². The summed E-state index contributed by atoms with van der Waals surface area (Å²) in [6.07, 6.45) is 17.2. The van der Waals surface area contributed by atoms with Gasteiger partial charge in [0.1, 0.15) is 6.10 Å². The summed E-state index contributed by atoms with van der Waals surface area (Å²) in [6.45, 7) is 1.17. The lowest BCUT2D eigenvalue weighted by Crippen LogP contribution is -2.40. The van der Waals surface area contributed by atoms with Crippen molar-refractivity contribution < 1.29 is 38.6 Å². The van der Waals surface area contributed by atoms with Crippen LogP contribution in [0.2, 0.25) is 0 Å². The number of unbranched alkanes of at least 4 members (excludes halogenated alkanes) is 8. The normalized spacial score (nSPS) is 15.8. The molecule has 9 nitrogen and oxygen atoms in total. The van der Waals surface area contributed by atoms with E-state index in [4.69, 9.17) is 15.5 Å². The summed E-state index contributed by atoms with van der Waals surface area (Å²) < 4.78 is 21.4. The second kappa shape index (κ2) is 21.6. The average Bonchev–Trinajstić information content (AvgIpc) is 2.80. The molecule has 0 saturated heterocycles. The Hall–Kier alpha value is -0.900. The predicted octanol–water partition coefficient (Wildman–Crippen LogP) is 4.68. The molecule has 194 valence electrons. The molecule has 0 fully saturated rings. The average molecular weight is 494 g/mol. The van der Waals surface area contributed by atoms with Crippen molar-refractivity contribution in [1.82, 2.24) is 0 Å². The van der Waals surface area contributed by atoms with Gasteiger partial charge >= 0.3 is 7.82 Å². The largest absolute Gasteiger partial charge is 0.473 e. The van der Waals surface area contributed by atoms with E-state index in [1.165, 1.54) is 19.3 Å². The van der Waals surface area contributed by atoms with Crippen molar-refractivity contribution in [3.63, 3.8) is 0 Å². The number of carbonyl (C=O) groups excluding carboxylic acids is 1. The van der Waals surface area contributed by atoms with Crippen LogP contribution in [-0.2, 0) is 23.3 Å². The summed E-state index contributed by atoms with van der Waals surface area (Å²) in [6, 6.07) is 0. The van der Waals surface area contributed by atoms with Gasteiger partial charge in [0.15, 0.2) is 11.9 Å². The van der Waals surface area contributed by atoms with Crippen LogP contribution in [0.5, 0.6) is 0 Å². The van der Waals surface area contributed by atoms with Gasteiger partial charge in [-0.05, 0) is 38.5 Å². The van der Waals surface area contributed by atoms with Crippen LogP contribution in [0.4, 0.5) is 0 Å². The van der Waals surface area contributed by atoms with Gasteiger partial charge in [-0.2, -0.15) is 0 Å². The van der Waals surface area contributed by atoms with Crippen molar-refractivity contribution in [2.75, 3.05) is 19.8 Å². The lowest BCUT2D eigenvalue weighted by Gasteiger charge is -2.24. The van der Waals surface area contributed by atoms with E-state index in [9.17, 15) is 19.4 Å². The number of ketones is 1. The zero-order chi connectivity index (χ0) is 24.8. The number of aliphatic hydroxyl groups excluding tert-OH is 1. The highest BCUT2D eigenvalue weighted by Gasteiger charge is 2.37. The first-order valence-electron chi connectivity index (χ1n) is 12.0. The topological polar surface area (TPSA) is 149 Å². The molecule has 0 heterocycles. The zero-order valence-corrected chi connectivity index (χ0v) is 20.9. The lowest BCUT2D eigenvalue weighted by atomic mass is 10.0. The highest BCUT2D eigenvalue weighted by Crippen LogP contribution is 2.45. The summed E-state index contributed by atoms with van der Waals surface area (Å²) in [5.41, 5.74) is 5.22. The quantitative estimate of drug-likeness (QED) is 0.0523. The van der Waals surface area contributed by atoms with Crippen molar-refractivity contribution in [3.8, 4) is 0 Å². The van der Waals surface area contributed by atoms with Gasteiger partial charge in [0.2, 0.25) is 0 Å². The van der Waals surface area contributed by atoms with E-state index in [1.807, 2.05) is 0 Å². The number of aliphatic hydroxyl groups is 1. The Morgan fingerprint density at radius 1 is 1.00 bits per heavy atom. The summed E-state index contributed by atoms with van der Waals surface area (Å²) >= 11 is 0. The molecule has 0 aliphatic heterocycles. The first kappa shape index (κ1) is 32.1. The number of phosphoric ester groups is 1. The molecule has 0 bridgehead atoms. The van der Waals surface area contributed by atoms with Crippen LogP contribution in [0.25, 0.3) is 0 Å². The maximum atomic E-state index is 12.4. The molecule has 0 rings (SSSR count). The number of phosphoric acid groups is 1. The highest BCUT2D eigenvalue weighted by atomic mass is 31.2. The maximum absolute atomic E-state index is 12.4. The van der Waals surface area contributed by atoms with Crippen LogP contribution in [0.3, 0.4) is 0 Å². The molecule has 5 N–H and O–H groups in total. The van der Waals surface area contributed by atoms with E-state index < -0.39 is 32.4 Å². The minimum absolute atomic E-state index is 0.0155. The molecule has 0 saturated carbocycles. The number of rotatable bonds is 23. The second-order valence-corrected chi connectivity index (χ2v) is 9.30. The maximum Gasteiger partial charge on any atom is 0.473 e. The molecule has 0 aliphatic carbocycles. The van der Waals surface area contributed by atoms with Gasteiger partial charge in [-0.25, -0.2) is 9.45 Å². The minimum Gasteiger partial charge on any atom is -0.393 e. The Labute approximate surface area is 198 Å². The van der Waals surface area contributed by atoms with Gasteiger partial charge in [0.25, 0.3) is 0 Å². The molecule has 0 aromatic carbocycles. The number of allylic oxidation sites excluding steroid dienone is 4. The van der Waals surface area contributed by atoms with Crippen LogP contribution in [-0.4, -0.2) is 53.0 Å². The molecule has 0 radical (unpaired) electrons. The first-order chi connectivity index (χ1) is 15.9. The van der Waals surface area contributed by atoms with Crippen molar-refractivity contribution in [2.24, 2.45) is 5.73 Å². The van der Waals surface area contributed by atoms with Gasteiger partial charge in [0, 0.05) is 13.0 Å². The number of nitrogens with two attached hydrogens (primary N) is 1. The fourth-order valence-corrected chi connectivity index (χ4v) is 4.05. The summed E-state index contributed by atoms with van der Waals surface area (Å²) in [5, 5.41) is 18.2. The molecule has 0 aliphatic rings. The Morgan fingerprint density at radius 2 is 1.61 bits per heavy atom. The predicted molar refractivity (Wildman–Crippen MR) is 129 cm³/mol. The zero-order valence-electron chi connectivity index (χ0n) is 20.0. The Balaban J connectivity index is 4.10. The van der Waals surface area contributed by atoms with Gasteiger partial charge in [-0.3, -0.25) is 19.1 Å². The first-order valence-corrected chi connectivity index (χ1v) is 13.5. The molecular weight excluding hydrogens is 449 g/mol. The smallest absolute Gasteiger partial charge is 0.393 e. The lowest BCUT2D eigenvalue weighted by molar-refractivity contribution is -0.298. The summed E-state index contributed by atoms with van der Waals surface area (Å²) in [4.78, 5) is 26.2. The molecular formula is C23H44NO8P. The Kier molecular flexibility index (Phi) is 21.0. The molecule has 0 spiro atoms. The molecule has 3 atom stereocenters. The summed E-state index contributed by atoms with van der Waals surface area (Å²) in [7, 11) is -4.59. The van der Waals surface area contributed by atoms with Crippen LogP contribution < -0.4 is 5.73 Å². The monoisotopic (exact) mass is 493 g/mol. The van der Waals surface area contributed by atoms with Gasteiger partial charge in [-0.1, -0.05) is 63.3 Å². The Morgan fingerprint density at radius 3 is 2.18 bits per heavy atom. The number of carbonyl (C=O) groups is 1. The molecule has 33 heavy (non-hydrogen) atoms. The van der Waals surface area contributed by atoms with E-state index >= 15 is 0 Å². The molecule has 0 aromatic rings. The van der Waals surface area contributed by atoms with Crippen molar-refractivity contribution in [1.29, 1.82) is 0 Å². The third-order valence-corrected chi connectivity index (χ3v) is 5.97. The van der Waals surface area contributed by atoms with Crippen molar-refractivity contribution in [2.45, 2.75) is 96.2 Å². The van der Waals surface area contributed by atoms with E-state index in [0.717, 1.165) is 44.9 Å². The Bertz CT molecular complexity index is 581. The standard InChI is InChI=1S/C23H44NO8P/c1-2-3-4-5-6-7-8-9-10-11-12-13-14-15-16-17-21(26)23(22(20-25)31-27)32-33(28,29)30-19-18-24/h6-7,9-10,22-23,25,27H,2-5,8,11-20,24H2,1H3,(H,28,29)/b7-6-,10-9-/t22-,23?/m0/s1. The fraction of sp³-hybridized carbons (Fsp3) is 0.783. The second-order valence-electron chi connectivity index (χ2n) is 7.89. The van der Waals surface area contributed by atoms with E-state index in [-0.39, 0.29) is 19.6 Å². The van der Waals surface area contributed by atoms with Crippen LogP contribution in [0, 0.1) is 0 Å². The van der Waals surface area contributed by atoms with E-state index in [0.29, 0.717) is 6.42 Å². The van der Waals surface area contributed by atoms with Crippen molar-refractivity contribution >= 4 is 13.6 Å². The van der Waals surface area contributed by atoms with Crippen LogP contribution in [0.15, 0.2) is 24.3 Å². The minimum atomic E-state index is -4.59. The van der Waals surface area contributed by atoms with Crippen molar-refractivity contribution in [3.05, 3.63) is 24.3 Å². The van der Waals surface area contributed by atoms with E-state index in [1.54, 1.807) is 0 Å². The van der Waals surface area contributed by atoms with Crippen LogP contribution >= 0.6 is 7.82 Å². The van der Waals surface area contributed by atoms with Gasteiger partial charge in [0.05, 0.1) is 13.2 Å². The van der Waals surface area contributed by atoms with E-state index in [2.05, 4.69) is 40.6 Å². The highest BCUT2D eigenvalue weighted by molar-refractivity contribution is 7.47. The number of hydrogen-bond donors (Lipinski definition) is 4. The third-order valence-electron chi connectivity index (χ3n) is 4.96. The molecule has 0 aromatic heterocycles. The number of hydrogen-bond acceptors (Lipinski definition) is 8. The molecule has 10 heteroatoms.